The SMILES string of the molecule is C=CC(=O)OCCOCCOCCOCCOCCOCCCC. The highest BCUT2D eigenvalue weighted by molar-refractivity contribution is 5.81. The third-order valence-electron chi connectivity index (χ3n) is 2.77. The third kappa shape index (κ3) is 19.1. The molecule has 7 heteroatoms. The first kappa shape index (κ1) is 23.0. The van der Waals surface area contributed by atoms with Gasteiger partial charge in [0.1, 0.15) is 6.61 Å². The van der Waals surface area contributed by atoms with Gasteiger partial charge in [-0.3, -0.25) is 0 Å². The molecule has 0 aromatic heterocycles. The molecule has 0 aromatic rings. The van der Waals surface area contributed by atoms with Gasteiger partial charge in [0.2, 0.25) is 0 Å². The van der Waals surface area contributed by atoms with Crippen molar-refractivity contribution >= 4 is 5.97 Å². The Bertz CT molecular complexity index is 284. The van der Waals surface area contributed by atoms with Crippen LogP contribution in [0, 0.1) is 0 Å². The molecule has 0 radical (unpaired) electrons. The number of carbonyl (C=O) groups excluding carboxylic acids is 1. The lowest BCUT2D eigenvalue weighted by molar-refractivity contribution is -0.139. The van der Waals surface area contributed by atoms with E-state index in [0.717, 1.165) is 25.5 Å². The number of hydrogen-bond acceptors (Lipinski definition) is 7. The third-order valence-corrected chi connectivity index (χ3v) is 2.77. The summed E-state index contributed by atoms with van der Waals surface area (Å²) in [6.45, 7) is 11.1. The van der Waals surface area contributed by atoms with Crippen LogP contribution in [-0.4, -0.2) is 78.6 Å². The van der Waals surface area contributed by atoms with E-state index in [2.05, 4.69) is 13.5 Å². The Balaban J connectivity index is 3.00. The quantitative estimate of drug-likeness (QED) is 0.199. The summed E-state index contributed by atoms with van der Waals surface area (Å²) in [5, 5.41) is 0. The minimum absolute atomic E-state index is 0.220. The molecule has 0 bridgehead atoms. The van der Waals surface area contributed by atoms with Crippen molar-refractivity contribution in [3.63, 3.8) is 0 Å². The van der Waals surface area contributed by atoms with Crippen LogP contribution in [0.3, 0.4) is 0 Å². The van der Waals surface area contributed by atoms with Crippen molar-refractivity contribution in [3.05, 3.63) is 12.7 Å². The zero-order valence-electron chi connectivity index (χ0n) is 14.8. The van der Waals surface area contributed by atoms with Gasteiger partial charge in [0, 0.05) is 12.7 Å². The van der Waals surface area contributed by atoms with Gasteiger partial charge in [-0.05, 0) is 6.42 Å². The van der Waals surface area contributed by atoms with Crippen molar-refractivity contribution in [2.24, 2.45) is 0 Å². The molecule has 0 spiro atoms. The van der Waals surface area contributed by atoms with E-state index >= 15 is 0 Å². The summed E-state index contributed by atoms with van der Waals surface area (Å²) in [6.07, 6.45) is 3.36. The Labute approximate surface area is 145 Å². The smallest absolute Gasteiger partial charge is 0.330 e. The van der Waals surface area contributed by atoms with E-state index in [0.29, 0.717) is 59.5 Å². The van der Waals surface area contributed by atoms with E-state index in [-0.39, 0.29) is 6.61 Å². The largest absolute Gasteiger partial charge is 0.460 e. The average Bonchev–Trinajstić information content (AvgIpc) is 2.60. The summed E-state index contributed by atoms with van der Waals surface area (Å²) < 4.78 is 31.4. The predicted octanol–water partition coefficient (Wildman–Crippen LogP) is 1.60. The van der Waals surface area contributed by atoms with Gasteiger partial charge in [-0.2, -0.15) is 0 Å². The van der Waals surface area contributed by atoms with Crippen LogP contribution in [0.25, 0.3) is 0 Å². The van der Waals surface area contributed by atoms with Gasteiger partial charge < -0.3 is 28.4 Å². The molecule has 0 fully saturated rings. The topological polar surface area (TPSA) is 72.5 Å². The molecule has 0 saturated heterocycles. The first-order valence-electron chi connectivity index (χ1n) is 8.49. The molecule has 142 valence electrons. The Morgan fingerprint density at radius 2 is 1.08 bits per heavy atom. The van der Waals surface area contributed by atoms with Crippen LogP contribution in [0.15, 0.2) is 12.7 Å². The summed E-state index contributed by atoms with van der Waals surface area (Å²) in [6, 6.07) is 0. The lowest BCUT2D eigenvalue weighted by Gasteiger charge is -2.08. The number of unbranched alkanes of at least 4 members (excludes halogenated alkanes) is 1. The van der Waals surface area contributed by atoms with Crippen LogP contribution in [0.2, 0.25) is 0 Å². The fourth-order valence-electron chi connectivity index (χ4n) is 1.49. The molecule has 0 aromatic carbocycles. The van der Waals surface area contributed by atoms with Crippen molar-refractivity contribution in [2.45, 2.75) is 19.8 Å². The van der Waals surface area contributed by atoms with Crippen LogP contribution < -0.4 is 0 Å². The second-order valence-corrected chi connectivity index (χ2v) is 4.79. The van der Waals surface area contributed by atoms with Gasteiger partial charge in [0.25, 0.3) is 0 Å². The molecule has 7 nitrogen and oxygen atoms in total. The molecule has 24 heavy (non-hydrogen) atoms. The van der Waals surface area contributed by atoms with Crippen molar-refractivity contribution in [1.29, 1.82) is 0 Å². The molecule has 0 aliphatic rings. The van der Waals surface area contributed by atoms with Gasteiger partial charge in [-0.25, -0.2) is 4.79 Å². The van der Waals surface area contributed by atoms with Gasteiger partial charge in [0.05, 0.1) is 59.5 Å². The summed E-state index contributed by atoms with van der Waals surface area (Å²) in [7, 11) is 0. The molecule has 0 heterocycles. The molecule has 0 rings (SSSR count). The van der Waals surface area contributed by atoms with E-state index in [1.54, 1.807) is 0 Å². The molecule has 0 aliphatic carbocycles. The minimum atomic E-state index is -0.444. The zero-order valence-corrected chi connectivity index (χ0v) is 14.8. The van der Waals surface area contributed by atoms with Crippen LogP contribution in [0.5, 0.6) is 0 Å². The molecule has 0 N–H and O–H groups in total. The summed E-state index contributed by atoms with van der Waals surface area (Å²) in [5.41, 5.74) is 0. The lowest BCUT2D eigenvalue weighted by Crippen LogP contribution is -2.14. The number of hydrogen-bond donors (Lipinski definition) is 0. The maximum Gasteiger partial charge on any atom is 0.330 e. The van der Waals surface area contributed by atoms with Crippen molar-refractivity contribution in [3.8, 4) is 0 Å². The van der Waals surface area contributed by atoms with E-state index in [4.69, 9.17) is 28.4 Å². The highest BCUT2D eigenvalue weighted by Gasteiger charge is 1.96. The molecule has 0 amide bonds. The molecule has 0 saturated carbocycles. The summed E-state index contributed by atoms with van der Waals surface area (Å²) in [5.74, 6) is -0.444. The van der Waals surface area contributed by atoms with Crippen molar-refractivity contribution in [2.75, 3.05) is 72.7 Å². The van der Waals surface area contributed by atoms with Crippen molar-refractivity contribution in [1.82, 2.24) is 0 Å². The number of esters is 1. The highest BCUT2D eigenvalue weighted by atomic mass is 16.6. The van der Waals surface area contributed by atoms with E-state index in [9.17, 15) is 4.79 Å². The van der Waals surface area contributed by atoms with Crippen LogP contribution >= 0.6 is 0 Å². The fourth-order valence-corrected chi connectivity index (χ4v) is 1.49. The molecular formula is C17H32O7. The number of ether oxygens (including phenoxy) is 6. The normalized spacial score (nSPS) is 10.7. The maximum atomic E-state index is 10.7. The second-order valence-electron chi connectivity index (χ2n) is 4.79. The first-order chi connectivity index (χ1) is 11.8. The van der Waals surface area contributed by atoms with Crippen LogP contribution in [0.1, 0.15) is 19.8 Å². The van der Waals surface area contributed by atoms with Gasteiger partial charge in [0.15, 0.2) is 0 Å². The highest BCUT2D eigenvalue weighted by Crippen LogP contribution is 1.88. The first-order valence-corrected chi connectivity index (χ1v) is 8.49. The zero-order chi connectivity index (χ0) is 17.7. The summed E-state index contributed by atoms with van der Waals surface area (Å²) in [4.78, 5) is 10.7. The predicted molar refractivity (Wildman–Crippen MR) is 90.2 cm³/mol. The maximum absolute atomic E-state index is 10.7. The van der Waals surface area contributed by atoms with E-state index in [1.807, 2.05) is 0 Å². The monoisotopic (exact) mass is 348 g/mol. The minimum Gasteiger partial charge on any atom is -0.460 e. The molecule has 0 unspecified atom stereocenters. The number of carbonyl (C=O) groups is 1. The summed E-state index contributed by atoms with van der Waals surface area (Å²) >= 11 is 0. The Hall–Kier alpha value is -0.990. The molecular weight excluding hydrogens is 316 g/mol. The van der Waals surface area contributed by atoms with E-state index < -0.39 is 5.97 Å². The van der Waals surface area contributed by atoms with Crippen LogP contribution in [-0.2, 0) is 33.2 Å². The number of rotatable bonds is 19. The lowest BCUT2D eigenvalue weighted by atomic mass is 10.4. The van der Waals surface area contributed by atoms with Gasteiger partial charge in [-0.1, -0.05) is 19.9 Å². The van der Waals surface area contributed by atoms with E-state index in [1.165, 1.54) is 0 Å². The Kier molecular flexibility index (Phi) is 19.2. The average molecular weight is 348 g/mol. The van der Waals surface area contributed by atoms with Gasteiger partial charge >= 0.3 is 5.97 Å². The fraction of sp³-hybridized carbons (Fsp3) is 0.824. The molecule has 0 aliphatic heterocycles. The second kappa shape index (κ2) is 20.1. The standard InChI is InChI=1S/C17H32O7/c1-3-5-6-19-7-8-20-9-10-21-11-12-22-13-14-23-15-16-24-17(18)4-2/h4H,2-3,5-16H2,1H3. The Morgan fingerprint density at radius 1 is 0.708 bits per heavy atom. The van der Waals surface area contributed by atoms with Gasteiger partial charge in [-0.15, -0.1) is 0 Å². The van der Waals surface area contributed by atoms with Crippen LogP contribution in [0.4, 0.5) is 0 Å². The Morgan fingerprint density at radius 3 is 1.46 bits per heavy atom. The van der Waals surface area contributed by atoms with Crippen molar-refractivity contribution < 1.29 is 33.2 Å². The molecule has 0 atom stereocenters.